The smallest absolute Gasteiger partial charge is 0.251 e. The molecule has 0 aliphatic heterocycles. The minimum Gasteiger partial charge on any atom is -0.489 e. The lowest BCUT2D eigenvalue weighted by Crippen LogP contribution is -2.34. The van der Waals surface area contributed by atoms with Crippen molar-refractivity contribution in [2.75, 3.05) is 26.7 Å². The average Bonchev–Trinajstić information content (AvgIpc) is 2.68. The zero-order chi connectivity index (χ0) is 21.4. The second-order valence-electron chi connectivity index (χ2n) is 7.93. The zero-order valence-corrected chi connectivity index (χ0v) is 17.5. The number of hydrogen-bond acceptors (Lipinski definition) is 3. The molecule has 0 saturated carbocycles. The lowest BCUT2D eigenvalue weighted by atomic mass is 9.87. The van der Waals surface area contributed by atoms with E-state index in [9.17, 15) is 14.0 Å². The maximum Gasteiger partial charge on any atom is 0.251 e. The van der Waals surface area contributed by atoms with Crippen LogP contribution in [0.25, 0.3) is 0 Å². The quantitative estimate of drug-likeness (QED) is 0.734. The molecule has 0 saturated heterocycles. The molecule has 0 atom stereocenters. The number of nitrogens with zero attached hydrogens (tertiary/aromatic N) is 1. The summed E-state index contributed by atoms with van der Waals surface area (Å²) in [6.45, 7) is 7.12. The number of ether oxygens (including phenoxy) is 1. The Balaban J connectivity index is 1.71. The van der Waals surface area contributed by atoms with Crippen LogP contribution in [0.3, 0.4) is 0 Å². The largest absolute Gasteiger partial charge is 0.489 e. The van der Waals surface area contributed by atoms with Gasteiger partial charge in [-0.25, -0.2) is 4.39 Å². The van der Waals surface area contributed by atoms with E-state index in [1.165, 1.54) is 11.0 Å². The Morgan fingerprint density at radius 3 is 2.34 bits per heavy atom. The summed E-state index contributed by atoms with van der Waals surface area (Å²) in [5.41, 5.74) is 1.75. The fraction of sp³-hybridized carbons (Fsp3) is 0.391. The molecule has 2 aromatic carbocycles. The summed E-state index contributed by atoms with van der Waals surface area (Å²) >= 11 is 0. The molecule has 2 amide bonds. The number of nitrogens with one attached hydrogen (secondary N) is 1. The van der Waals surface area contributed by atoms with E-state index in [1.807, 2.05) is 12.1 Å². The van der Waals surface area contributed by atoms with Crippen molar-refractivity contribution in [2.24, 2.45) is 0 Å². The normalized spacial score (nSPS) is 11.1. The molecule has 1 N–H and O–H groups in total. The van der Waals surface area contributed by atoms with Gasteiger partial charge in [-0.1, -0.05) is 45.0 Å². The van der Waals surface area contributed by atoms with Gasteiger partial charge in [0.25, 0.3) is 5.91 Å². The molecule has 0 radical (unpaired) electrons. The Morgan fingerprint density at radius 1 is 1.07 bits per heavy atom. The Bertz CT molecular complexity index is 829. The van der Waals surface area contributed by atoms with Crippen LogP contribution in [0, 0.1) is 5.82 Å². The van der Waals surface area contributed by atoms with E-state index in [2.05, 4.69) is 26.1 Å². The number of para-hydroxylation sites is 1. The minimum absolute atomic E-state index is 0.0298. The molecular weight excluding hydrogens is 371 g/mol. The number of likely N-dealkylation sites (N-methyl/N-ethyl adjacent to an activating group) is 1. The van der Waals surface area contributed by atoms with Crippen LogP contribution in [0.15, 0.2) is 48.5 Å². The predicted octanol–water partition coefficient (Wildman–Crippen LogP) is 3.78. The summed E-state index contributed by atoms with van der Waals surface area (Å²) in [6, 6.07) is 13.6. The van der Waals surface area contributed by atoms with Crippen LogP contribution in [0.1, 0.15) is 43.1 Å². The molecule has 0 heterocycles. The molecule has 2 rings (SSSR count). The van der Waals surface area contributed by atoms with Gasteiger partial charge >= 0.3 is 0 Å². The van der Waals surface area contributed by atoms with Crippen molar-refractivity contribution in [1.82, 2.24) is 10.2 Å². The van der Waals surface area contributed by atoms with Crippen LogP contribution >= 0.6 is 0 Å². The molecule has 0 aliphatic rings. The highest BCUT2D eigenvalue weighted by Crippen LogP contribution is 2.22. The Labute approximate surface area is 171 Å². The standard InChI is InChI=1S/C23H29FN2O3/c1-23(2,3)18-11-9-17(10-12-18)22(28)25-14-13-21(27)26(4)15-16-29-20-8-6-5-7-19(20)24/h5-12H,13-16H2,1-4H3,(H,25,28). The van der Waals surface area contributed by atoms with Crippen LogP contribution in [-0.2, 0) is 10.2 Å². The molecule has 156 valence electrons. The highest BCUT2D eigenvalue weighted by Gasteiger charge is 2.15. The lowest BCUT2D eigenvalue weighted by molar-refractivity contribution is -0.130. The maximum atomic E-state index is 13.5. The van der Waals surface area contributed by atoms with Gasteiger partial charge in [-0.2, -0.15) is 0 Å². The third-order valence-corrected chi connectivity index (χ3v) is 4.58. The first kappa shape index (κ1) is 22.4. The number of benzene rings is 2. The van der Waals surface area contributed by atoms with Crippen LogP contribution in [-0.4, -0.2) is 43.5 Å². The third-order valence-electron chi connectivity index (χ3n) is 4.58. The first-order chi connectivity index (χ1) is 13.7. The summed E-state index contributed by atoms with van der Waals surface area (Å²) in [4.78, 5) is 25.9. The van der Waals surface area contributed by atoms with Gasteiger partial charge in [-0.3, -0.25) is 9.59 Å². The number of amides is 2. The van der Waals surface area contributed by atoms with E-state index in [1.54, 1.807) is 37.4 Å². The van der Waals surface area contributed by atoms with E-state index in [0.717, 1.165) is 5.56 Å². The monoisotopic (exact) mass is 400 g/mol. The van der Waals surface area contributed by atoms with Crippen molar-refractivity contribution in [3.63, 3.8) is 0 Å². The van der Waals surface area contributed by atoms with Gasteiger partial charge < -0.3 is 15.0 Å². The lowest BCUT2D eigenvalue weighted by Gasteiger charge is -2.19. The second-order valence-corrected chi connectivity index (χ2v) is 7.93. The predicted molar refractivity (Wildman–Crippen MR) is 112 cm³/mol. The van der Waals surface area contributed by atoms with Crippen molar-refractivity contribution in [3.05, 3.63) is 65.5 Å². The number of carbonyl (C=O) groups excluding carboxylic acids is 2. The number of carbonyl (C=O) groups is 2. The van der Waals surface area contributed by atoms with Crippen LogP contribution in [0.4, 0.5) is 4.39 Å². The molecule has 2 aromatic rings. The summed E-state index contributed by atoms with van der Waals surface area (Å²) in [6.07, 6.45) is 0.183. The number of halogens is 1. The van der Waals surface area contributed by atoms with E-state index in [-0.39, 0.29) is 42.6 Å². The Morgan fingerprint density at radius 2 is 1.72 bits per heavy atom. The molecule has 0 bridgehead atoms. The first-order valence-electron chi connectivity index (χ1n) is 9.68. The van der Waals surface area contributed by atoms with Gasteiger partial charge in [-0.05, 0) is 35.2 Å². The summed E-state index contributed by atoms with van der Waals surface area (Å²) in [7, 11) is 1.65. The Kier molecular flexibility index (Phi) is 7.76. The fourth-order valence-corrected chi connectivity index (χ4v) is 2.68. The van der Waals surface area contributed by atoms with Crippen molar-refractivity contribution in [1.29, 1.82) is 0 Å². The molecule has 0 aliphatic carbocycles. The second kappa shape index (κ2) is 10.0. The van der Waals surface area contributed by atoms with Crippen LogP contribution in [0.5, 0.6) is 5.75 Å². The SMILES string of the molecule is CN(CCOc1ccccc1F)C(=O)CCNC(=O)c1ccc(C(C)(C)C)cc1. The summed E-state index contributed by atoms with van der Waals surface area (Å²) in [5.74, 6) is -0.591. The van der Waals surface area contributed by atoms with Crippen molar-refractivity contribution in [3.8, 4) is 5.75 Å². The summed E-state index contributed by atoms with van der Waals surface area (Å²) in [5, 5.41) is 2.77. The highest BCUT2D eigenvalue weighted by atomic mass is 19.1. The van der Waals surface area contributed by atoms with Gasteiger partial charge in [0, 0.05) is 25.6 Å². The van der Waals surface area contributed by atoms with Crippen molar-refractivity contribution < 1.29 is 18.7 Å². The molecule has 5 nitrogen and oxygen atoms in total. The van der Waals surface area contributed by atoms with E-state index in [4.69, 9.17) is 4.74 Å². The summed E-state index contributed by atoms with van der Waals surface area (Å²) < 4.78 is 18.8. The van der Waals surface area contributed by atoms with Gasteiger partial charge in [-0.15, -0.1) is 0 Å². The molecule has 0 fully saturated rings. The maximum absolute atomic E-state index is 13.5. The van der Waals surface area contributed by atoms with Crippen LogP contribution in [0.2, 0.25) is 0 Å². The molecule has 29 heavy (non-hydrogen) atoms. The van der Waals surface area contributed by atoms with Crippen molar-refractivity contribution >= 4 is 11.8 Å². The topological polar surface area (TPSA) is 58.6 Å². The third kappa shape index (κ3) is 6.89. The van der Waals surface area contributed by atoms with Crippen LogP contribution < -0.4 is 10.1 Å². The molecule has 0 spiro atoms. The van der Waals surface area contributed by atoms with Crippen molar-refractivity contribution in [2.45, 2.75) is 32.6 Å². The average molecular weight is 400 g/mol. The van der Waals surface area contributed by atoms with Gasteiger partial charge in [0.2, 0.25) is 5.91 Å². The fourth-order valence-electron chi connectivity index (χ4n) is 2.68. The highest BCUT2D eigenvalue weighted by molar-refractivity contribution is 5.94. The number of hydrogen-bond donors (Lipinski definition) is 1. The van der Waals surface area contributed by atoms with Gasteiger partial charge in [0.1, 0.15) is 6.61 Å². The molecule has 6 heteroatoms. The first-order valence-corrected chi connectivity index (χ1v) is 9.68. The van der Waals surface area contributed by atoms with Gasteiger partial charge in [0.05, 0.1) is 6.54 Å². The Hall–Kier alpha value is -2.89. The van der Waals surface area contributed by atoms with E-state index >= 15 is 0 Å². The van der Waals surface area contributed by atoms with Gasteiger partial charge in [0.15, 0.2) is 11.6 Å². The van der Waals surface area contributed by atoms with E-state index in [0.29, 0.717) is 12.1 Å². The molecule has 0 unspecified atom stereocenters. The number of rotatable bonds is 8. The van der Waals surface area contributed by atoms with E-state index < -0.39 is 5.82 Å². The zero-order valence-electron chi connectivity index (χ0n) is 17.5. The molecular formula is C23H29FN2O3. The minimum atomic E-state index is -0.431. The molecule has 0 aromatic heterocycles.